The molecule has 0 unspecified atom stereocenters. The van der Waals surface area contributed by atoms with Gasteiger partial charge in [0.2, 0.25) is 0 Å². The molecule has 72 valence electrons. The minimum absolute atomic E-state index is 0.0481. The van der Waals surface area contributed by atoms with E-state index in [1.54, 1.807) is 13.0 Å². The van der Waals surface area contributed by atoms with E-state index in [1.807, 2.05) is 0 Å². The first kappa shape index (κ1) is 9.85. The number of aromatic hydroxyl groups is 1. The van der Waals surface area contributed by atoms with Gasteiger partial charge in [-0.3, -0.25) is 0 Å². The van der Waals surface area contributed by atoms with E-state index in [9.17, 15) is 13.5 Å². The first-order valence-corrected chi connectivity index (χ1v) is 5.39. The average Bonchev–Trinajstić information content (AvgIpc) is 1.93. The molecule has 0 fully saturated rings. The summed E-state index contributed by atoms with van der Waals surface area (Å²) in [6.45, 7) is 1.78. The second-order valence-corrected chi connectivity index (χ2v) is 4.33. The summed E-state index contributed by atoms with van der Waals surface area (Å²) in [6, 6.07) is 4.49. The minimum atomic E-state index is -3.57. The number of phenols is 1. The maximum atomic E-state index is 10.7. The lowest BCUT2D eigenvalue weighted by Crippen LogP contribution is -2.05. The van der Waals surface area contributed by atoms with E-state index in [0.29, 0.717) is 0 Å². The first-order valence-electron chi connectivity index (χ1n) is 3.57. The molecule has 0 bridgehead atoms. The average molecular weight is 202 g/mol. The van der Waals surface area contributed by atoms with E-state index in [-0.39, 0.29) is 11.5 Å². The Bertz CT molecular complexity index is 408. The monoisotopic (exact) mass is 202 g/mol. The molecule has 0 spiro atoms. The summed E-state index contributed by atoms with van der Waals surface area (Å²) >= 11 is 0. The highest BCUT2D eigenvalue weighted by molar-refractivity contribution is 7.86. The molecule has 0 aliphatic rings. The van der Waals surface area contributed by atoms with Gasteiger partial charge in [0.1, 0.15) is 0 Å². The Labute approximate surface area is 76.9 Å². The molecule has 0 atom stereocenters. The maximum absolute atomic E-state index is 10.7. The highest BCUT2D eigenvalue weighted by atomic mass is 32.2. The van der Waals surface area contributed by atoms with Crippen LogP contribution in [-0.2, 0) is 10.1 Å². The van der Waals surface area contributed by atoms with Crippen molar-refractivity contribution in [3.8, 4) is 11.5 Å². The molecule has 4 nitrogen and oxygen atoms in total. The third kappa shape index (κ3) is 2.95. The van der Waals surface area contributed by atoms with Gasteiger partial charge in [0.05, 0.1) is 6.26 Å². The number of rotatable bonds is 2. The molecular weight excluding hydrogens is 192 g/mol. The summed E-state index contributed by atoms with van der Waals surface area (Å²) in [5.41, 5.74) is 0.832. The molecule has 5 heteroatoms. The van der Waals surface area contributed by atoms with E-state index in [4.69, 9.17) is 0 Å². The normalized spacial score (nSPS) is 11.2. The Morgan fingerprint density at radius 1 is 1.38 bits per heavy atom. The Morgan fingerprint density at radius 2 is 2.00 bits per heavy atom. The Balaban J connectivity index is 3.04. The zero-order valence-electron chi connectivity index (χ0n) is 7.31. The van der Waals surface area contributed by atoms with Gasteiger partial charge in [0.15, 0.2) is 11.5 Å². The summed E-state index contributed by atoms with van der Waals surface area (Å²) in [7, 11) is -3.57. The van der Waals surface area contributed by atoms with Gasteiger partial charge in [-0.05, 0) is 24.6 Å². The second-order valence-electron chi connectivity index (χ2n) is 2.76. The number of hydrogen-bond acceptors (Lipinski definition) is 4. The summed E-state index contributed by atoms with van der Waals surface area (Å²) in [5, 5.41) is 9.27. The summed E-state index contributed by atoms with van der Waals surface area (Å²) in [6.07, 6.45) is 0.923. The molecule has 1 aromatic carbocycles. The fourth-order valence-corrected chi connectivity index (χ4v) is 1.33. The number of benzene rings is 1. The zero-order chi connectivity index (χ0) is 10.1. The molecule has 1 rings (SSSR count). The van der Waals surface area contributed by atoms with Gasteiger partial charge in [0, 0.05) is 0 Å². The molecule has 1 aromatic rings. The highest BCUT2D eigenvalue weighted by Crippen LogP contribution is 2.27. The van der Waals surface area contributed by atoms with E-state index in [0.717, 1.165) is 11.8 Å². The minimum Gasteiger partial charge on any atom is -0.504 e. The van der Waals surface area contributed by atoms with Crippen molar-refractivity contribution in [3.63, 3.8) is 0 Å². The van der Waals surface area contributed by atoms with Crippen LogP contribution in [-0.4, -0.2) is 19.8 Å². The number of hydrogen-bond donors (Lipinski definition) is 1. The summed E-state index contributed by atoms with van der Waals surface area (Å²) in [5.74, 6) is -0.224. The smallest absolute Gasteiger partial charge is 0.306 e. The molecule has 0 radical (unpaired) electrons. The van der Waals surface area contributed by atoms with Gasteiger partial charge in [-0.1, -0.05) is 6.07 Å². The van der Waals surface area contributed by atoms with Crippen LogP contribution in [0.4, 0.5) is 0 Å². The Hall–Kier alpha value is -1.23. The molecule has 0 saturated carbocycles. The van der Waals surface area contributed by atoms with Crippen molar-refractivity contribution in [1.29, 1.82) is 0 Å². The van der Waals surface area contributed by atoms with Crippen LogP contribution in [0.25, 0.3) is 0 Å². The fraction of sp³-hybridized carbons (Fsp3) is 0.250. The molecular formula is C8H10O4S. The van der Waals surface area contributed by atoms with Crippen molar-refractivity contribution in [2.45, 2.75) is 6.92 Å². The van der Waals surface area contributed by atoms with E-state index in [2.05, 4.69) is 4.18 Å². The van der Waals surface area contributed by atoms with Crippen LogP contribution >= 0.6 is 0 Å². The largest absolute Gasteiger partial charge is 0.504 e. The van der Waals surface area contributed by atoms with Gasteiger partial charge in [-0.25, -0.2) is 0 Å². The third-order valence-electron chi connectivity index (χ3n) is 1.36. The van der Waals surface area contributed by atoms with E-state index >= 15 is 0 Å². The Morgan fingerprint density at radius 3 is 2.46 bits per heavy atom. The molecule has 0 heterocycles. The van der Waals surface area contributed by atoms with E-state index < -0.39 is 10.1 Å². The van der Waals surface area contributed by atoms with Crippen LogP contribution in [0.5, 0.6) is 11.5 Å². The van der Waals surface area contributed by atoms with Crippen LogP contribution in [0.1, 0.15) is 5.56 Å². The van der Waals surface area contributed by atoms with Gasteiger partial charge in [-0.2, -0.15) is 8.42 Å². The summed E-state index contributed by atoms with van der Waals surface area (Å²) in [4.78, 5) is 0. The van der Waals surface area contributed by atoms with Crippen LogP contribution in [0.2, 0.25) is 0 Å². The Kier molecular flexibility index (Phi) is 2.47. The second kappa shape index (κ2) is 3.26. The third-order valence-corrected chi connectivity index (χ3v) is 1.84. The molecule has 0 aromatic heterocycles. The van der Waals surface area contributed by atoms with Gasteiger partial charge in [-0.15, -0.1) is 0 Å². The van der Waals surface area contributed by atoms with Crippen molar-refractivity contribution < 1.29 is 17.7 Å². The number of phenolic OH excluding ortho intramolecular Hbond substituents is 1. The lowest BCUT2D eigenvalue weighted by Gasteiger charge is -2.04. The highest BCUT2D eigenvalue weighted by Gasteiger charge is 2.08. The topological polar surface area (TPSA) is 63.6 Å². The van der Waals surface area contributed by atoms with Crippen molar-refractivity contribution >= 4 is 10.1 Å². The summed E-state index contributed by atoms with van der Waals surface area (Å²) < 4.78 is 25.9. The van der Waals surface area contributed by atoms with Gasteiger partial charge in [0.25, 0.3) is 0 Å². The molecule has 1 N–H and O–H groups in total. The van der Waals surface area contributed by atoms with Crippen LogP contribution in [0.15, 0.2) is 18.2 Å². The van der Waals surface area contributed by atoms with Crippen LogP contribution in [0.3, 0.4) is 0 Å². The van der Waals surface area contributed by atoms with Crippen molar-refractivity contribution in [2.24, 2.45) is 0 Å². The SMILES string of the molecule is Cc1ccc(OS(C)(=O)=O)c(O)c1. The lowest BCUT2D eigenvalue weighted by atomic mass is 10.2. The van der Waals surface area contributed by atoms with E-state index in [1.165, 1.54) is 12.1 Å². The molecule has 0 saturated heterocycles. The van der Waals surface area contributed by atoms with Crippen LogP contribution in [0, 0.1) is 6.92 Å². The molecule has 0 aliphatic heterocycles. The predicted octanol–water partition coefficient (Wildman–Crippen LogP) is 1.04. The lowest BCUT2D eigenvalue weighted by molar-refractivity contribution is 0.430. The van der Waals surface area contributed by atoms with Crippen molar-refractivity contribution in [3.05, 3.63) is 23.8 Å². The molecule has 0 aliphatic carbocycles. The fourth-order valence-electron chi connectivity index (χ4n) is 0.861. The quantitative estimate of drug-likeness (QED) is 0.728. The predicted molar refractivity (Wildman–Crippen MR) is 48.3 cm³/mol. The molecule has 0 amide bonds. The maximum Gasteiger partial charge on any atom is 0.306 e. The van der Waals surface area contributed by atoms with Crippen molar-refractivity contribution in [2.75, 3.05) is 6.26 Å². The van der Waals surface area contributed by atoms with Crippen molar-refractivity contribution in [1.82, 2.24) is 0 Å². The molecule has 13 heavy (non-hydrogen) atoms. The standard InChI is InChI=1S/C8H10O4S/c1-6-3-4-8(7(9)5-6)12-13(2,10)11/h3-5,9H,1-2H3. The van der Waals surface area contributed by atoms with Crippen LogP contribution < -0.4 is 4.18 Å². The first-order chi connectivity index (χ1) is 5.88. The number of aryl methyl sites for hydroxylation is 1. The zero-order valence-corrected chi connectivity index (χ0v) is 8.13. The van der Waals surface area contributed by atoms with Gasteiger partial charge < -0.3 is 9.29 Å². The van der Waals surface area contributed by atoms with Gasteiger partial charge >= 0.3 is 10.1 Å².